The van der Waals surface area contributed by atoms with Crippen molar-refractivity contribution in [1.29, 1.82) is 0 Å². The third-order valence-corrected chi connectivity index (χ3v) is 3.34. The lowest BCUT2D eigenvalue weighted by Gasteiger charge is -2.22. The molecule has 0 heterocycles. The quantitative estimate of drug-likeness (QED) is 0.837. The summed E-state index contributed by atoms with van der Waals surface area (Å²) in [6, 6.07) is 4.82. The van der Waals surface area contributed by atoms with Crippen molar-refractivity contribution < 1.29 is 9.50 Å². The number of benzene rings is 1. The van der Waals surface area contributed by atoms with E-state index in [1.165, 1.54) is 6.07 Å². The van der Waals surface area contributed by atoms with Gasteiger partial charge in [-0.2, -0.15) is 0 Å². The van der Waals surface area contributed by atoms with Crippen LogP contribution >= 0.6 is 11.6 Å². The predicted octanol–water partition coefficient (Wildman–Crippen LogP) is 3.65. The first kappa shape index (κ1) is 11.6. The number of halogens is 2. The van der Waals surface area contributed by atoms with E-state index in [0.29, 0.717) is 0 Å². The van der Waals surface area contributed by atoms with Crippen molar-refractivity contribution in [2.75, 3.05) is 6.61 Å². The van der Waals surface area contributed by atoms with Crippen LogP contribution in [0.2, 0.25) is 5.02 Å². The first-order valence-electron chi connectivity index (χ1n) is 5.48. The van der Waals surface area contributed by atoms with Crippen LogP contribution in [0.1, 0.15) is 24.8 Å². The van der Waals surface area contributed by atoms with Crippen molar-refractivity contribution in [3.05, 3.63) is 40.7 Å². The van der Waals surface area contributed by atoms with Crippen LogP contribution in [0.15, 0.2) is 24.3 Å². The number of aliphatic hydroxyl groups excluding tert-OH is 1. The van der Waals surface area contributed by atoms with Crippen LogP contribution in [0.25, 0.3) is 5.57 Å². The Balaban J connectivity index is 2.35. The number of hydrogen-bond acceptors (Lipinski definition) is 1. The standard InChI is InChI=1S/C13H14ClFO/c14-12-6-5-9(7-13(12)15)11-4-2-1-3-10(11)8-16/h4-7,10,16H,1-3,8H2. The van der Waals surface area contributed by atoms with Gasteiger partial charge in [0.05, 0.1) is 5.02 Å². The maximum atomic E-state index is 13.3. The molecule has 0 amide bonds. The molecule has 1 nitrogen and oxygen atoms in total. The molecule has 0 spiro atoms. The third-order valence-electron chi connectivity index (χ3n) is 3.03. The normalized spacial score (nSPS) is 20.7. The van der Waals surface area contributed by atoms with E-state index in [0.717, 1.165) is 30.4 Å². The van der Waals surface area contributed by atoms with Crippen molar-refractivity contribution in [3.8, 4) is 0 Å². The molecule has 1 aliphatic carbocycles. The van der Waals surface area contributed by atoms with Gasteiger partial charge in [0.25, 0.3) is 0 Å². The second-order valence-corrected chi connectivity index (χ2v) is 4.51. The van der Waals surface area contributed by atoms with Crippen LogP contribution in [0.5, 0.6) is 0 Å². The highest BCUT2D eigenvalue weighted by molar-refractivity contribution is 6.30. The molecule has 1 atom stereocenters. The van der Waals surface area contributed by atoms with E-state index in [1.807, 2.05) is 6.07 Å². The molecule has 86 valence electrons. The van der Waals surface area contributed by atoms with Gasteiger partial charge in [0.2, 0.25) is 0 Å². The monoisotopic (exact) mass is 240 g/mol. The minimum atomic E-state index is -0.401. The fourth-order valence-electron chi connectivity index (χ4n) is 2.16. The lowest BCUT2D eigenvalue weighted by molar-refractivity contribution is 0.246. The SMILES string of the molecule is OCC1CCCC=C1c1ccc(Cl)c(F)c1. The molecule has 0 aromatic heterocycles. The smallest absolute Gasteiger partial charge is 0.142 e. The zero-order valence-corrected chi connectivity index (χ0v) is 9.67. The maximum Gasteiger partial charge on any atom is 0.142 e. The van der Waals surface area contributed by atoms with Crippen LogP contribution < -0.4 is 0 Å². The highest BCUT2D eigenvalue weighted by atomic mass is 35.5. The minimum absolute atomic E-state index is 0.121. The van der Waals surface area contributed by atoms with E-state index in [-0.39, 0.29) is 17.5 Å². The molecule has 16 heavy (non-hydrogen) atoms. The van der Waals surface area contributed by atoms with Gasteiger partial charge in [-0.05, 0) is 42.5 Å². The molecule has 0 radical (unpaired) electrons. The maximum absolute atomic E-state index is 13.3. The van der Waals surface area contributed by atoms with Gasteiger partial charge in [0.1, 0.15) is 5.82 Å². The highest BCUT2D eigenvalue weighted by Gasteiger charge is 2.18. The Morgan fingerprint density at radius 3 is 2.94 bits per heavy atom. The van der Waals surface area contributed by atoms with Crippen molar-refractivity contribution in [1.82, 2.24) is 0 Å². The number of aliphatic hydroxyl groups is 1. The third kappa shape index (κ3) is 2.28. The molecular formula is C13H14ClFO. The zero-order chi connectivity index (χ0) is 11.5. The number of hydrogen-bond donors (Lipinski definition) is 1. The molecule has 0 saturated carbocycles. The molecular weight excluding hydrogens is 227 g/mol. The molecule has 1 unspecified atom stereocenters. The van der Waals surface area contributed by atoms with Gasteiger partial charge in [-0.3, -0.25) is 0 Å². The van der Waals surface area contributed by atoms with Gasteiger partial charge < -0.3 is 5.11 Å². The average molecular weight is 241 g/mol. The molecule has 1 aromatic rings. The second-order valence-electron chi connectivity index (χ2n) is 4.10. The number of allylic oxidation sites excluding steroid dienone is 1. The van der Waals surface area contributed by atoms with Crippen LogP contribution in [0.4, 0.5) is 4.39 Å². The number of rotatable bonds is 2. The Morgan fingerprint density at radius 1 is 1.44 bits per heavy atom. The van der Waals surface area contributed by atoms with Gasteiger partial charge in [-0.1, -0.05) is 23.7 Å². The summed E-state index contributed by atoms with van der Waals surface area (Å²) in [5.74, 6) is -0.267. The fourth-order valence-corrected chi connectivity index (χ4v) is 2.28. The summed E-state index contributed by atoms with van der Waals surface area (Å²) in [5.41, 5.74) is 1.88. The average Bonchev–Trinajstić information content (AvgIpc) is 2.32. The highest BCUT2D eigenvalue weighted by Crippen LogP contribution is 2.33. The Morgan fingerprint density at radius 2 is 2.25 bits per heavy atom. The summed E-state index contributed by atoms with van der Waals surface area (Å²) in [5, 5.41) is 9.43. The van der Waals surface area contributed by atoms with Crippen LogP contribution in [-0.2, 0) is 0 Å². The summed E-state index contributed by atoms with van der Waals surface area (Å²) in [7, 11) is 0. The lowest BCUT2D eigenvalue weighted by Crippen LogP contribution is -2.12. The summed E-state index contributed by atoms with van der Waals surface area (Å²) < 4.78 is 13.3. The van der Waals surface area contributed by atoms with E-state index in [9.17, 15) is 9.50 Å². The second kappa shape index (κ2) is 4.98. The molecule has 0 aliphatic heterocycles. The first-order chi connectivity index (χ1) is 7.72. The minimum Gasteiger partial charge on any atom is -0.396 e. The molecule has 3 heteroatoms. The van der Waals surface area contributed by atoms with Gasteiger partial charge in [0.15, 0.2) is 0 Å². The van der Waals surface area contributed by atoms with Crippen LogP contribution in [-0.4, -0.2) is 11.7 Å². The molecule has 1 aliphatic rings. The molecule has 0 fully saturated rings. The Kier molecular flexibility index (Phi) is 3.62. The van der Waals surface area contributed by atoms with E-state index in [2.05, 4.69) is 6.08 Å². The van der Waals surface area contributed by atoms with Crippen molar-refractivity contribution in [3.63, 3.8) is 0 Å². The topological polar surface area (TPSA) is 20.2 Å². The summed E-state index contributed by atoms with van der Waals surface area (Å²) in [6.45, 7) is 0.121. The predicted molar refractivity (Wildman–Crippen MR) is 63.8 cm³/mol. The first-order valence-corrected chi connectivity index (χ1v) is 5.86. The van der Waals surface area contributed by atoms with Crippen molar-refractivity contribution in [2.45, 2.75) is 19.3 Å². The largest absolute Gasteiger partial charge is 0.396 e. The van der Waals surface area contributed by atoms with E-state index >= 15 is 0 Å². The molecule has 1 aromatic carbocycles. The summed E-state index contributed by atoms with van der Waals surface area (Å²) in [4.78, 5) is 0. The Labute approximate surface area is 99.6 Å². The lowest BCUT2D eigenvalue weighted by atomic mass is 9.84. The van der Waals surface area contributed by atoms with E-state index in [4.69, 9.17) is 11.6 Å². The van der Waals surface area contributed by atoms with Gasteiger partial charge in [-0.15, -0.1) is 0 Å². The molecule has 1 N–H and O–H groups in total. The zero-order valence-electron chi connectivity index (χ0n) is 8.92. The molecule has 0 bridgehead atoms. The van der Waals surface area contributed by atoms with Gasteiger partial charge >= 0.3 is 0 Å². The van der Waals surface area contributed by atoms with E-state index in [1.54, 1.807) is 6.07 Å². The van der Waals surface area contributed by atoms with Crippen molar-refractivity contribution in [2.24, 2.45) is 5.92 Å². The summed E-state index contributed by atoms with van der Waals surface area (Å²) in [6.07, 6.45) is 5.14. The van der Waals surface area contributed by atoms with Crippen LogP contribution in [0, 0.1) is 11.7 Å². The fraction of sp³-hybridized carbons (Fsp3) is 0.385. The molecule has 0 saturated heterocycles. The van der Waals surface area contributed by atoms with Crippen molar-refractivity contribution >= 4 is 17.2 Å². The Hall–Kier alpha value is -0.860. The van der Waals surface area contributed by atoms with Crippen LogP contribution in [0.3, 0.4) is 0 Å². The Bertz CT molecular complexity index is 414. The van der Waals surface area contributed by atoms with Gasteiger partial charge in [0, 0.05) is 12.5 Å². The molecule has 2 rings (SSSR count). The van der Waals surface area contributed by atoms with Gasteiger partial charge in [-0.25, -0.2) is 4.39 Å². The summed E-state index contributed by atoms with van der Waals surface area (Å²) >= 11 is 5.65. The van der Waals surface area contributed by atoms with E-state index < -0.39 is 5.82 Å².